The molecule has 0 aliphatic rings. The van der Waals surface area contributed by atoms with Crippen LogP contribution < -0.4 is 5.32 Å². The summed E-state index contributed by atoms with van der Waals surface area (Å²) in [6.45, 7) is 0. The van der Waals surface area contributed by atoms with Crippen molar-refractivity contribution in [3.63, 3.8) is 0 Å². The Balaban J connectivity index is 3.36. The Labute approximate surface area is 83.5 Å². The molecule has 0 saturated carbocycles. The normalized spacial score (nSPS) is 11.2. The van der Waals surface area contributed by atoms with E-state index >= 15 is 0 Å². The van der Waals surface area contributed by atoms with Gasteiger partial charge >= 0.3 is 12.1 Å². The topological polar surface area (TPSA) is 49.3 Å². The quantitative estimate of drug-likeness (QED) is 0.803. The summed E-state index contributed by atoms with van der Waals surface area (Å²) in [5, 5.41) is 11.1. The number of anilines is 1. The summed E-state index contributed by atoms with van der Waals surface area (Å²) >= 11 is 0. The second-order valence-electron chi connectivity index (χ2n) is 2.81. The molecule has 0 aliphatic carbocycles. The van der Waals surface area contributed by atoms with E-state index < -0.39 is 23.3 Å². The van der Waals surface area contributed by atoms with Gasteiger partial charge in [0.25, 0.3) is 0 Å². The molecule has 0 aliphatic heterocycles. The van der Waals surface area contributed by atoms with Crippen molar-refractivity contribution in [2.24, 2.45) is 0 Å². The van der Waals surface area contributed by atoms with E-state index in [4.69, 9.17) is 5.11 Å². The Hall–Kier alpha value is -1.72. The molecule has 0 spiro atoms. The minimum absolute atomic E-state index is 0.215. The standard InChI is InChI=1S/C9H8F3NO2/c1-13-5-2-3-6(8(14)15)7(4-5)9(10,11)12/h2-4,13H,1H3,(H,14,15). The number of halogens is 3. The van der Waals surface area contributed by atoms with E-state index in [1.807, 2.05) is 0 Å². The molecule has 15 heavy (non-hydrogen) atoms. The monoisotopic (exact) mass is 219 g/mol. The van der Waals surface area contributed by atoms with Crippen LogP contribution in [0.5, 0.6) is 0 Å². The summed E-state index contributed by atoms with van der Waals surface area (Å²) in [7, 11) is 1.45. The Morgan fingerprint density at radius 2 is 2.00 bits per heavy atom. The van der Waals surface area contributed by atoms with Crippen LogP contribution in [0.4, 0.5) is 18.9 Å². The minimum atomic E-state index is -4.67. The zero-order valence-electron chi connectivity index (χ0n) is 7.72. The van der Waals surface area contributed by atoms with E-state index in [1.165, 1.54) is 13.1 Å². The van der Waals surface area contributed by atoms with Crippen LogP contribution >= 0.6 is 0 Å². The average Bonchev–Trinajstić information content (AvgIpc) is 2.15. The lowest BCUT2D eigenvalue weighted by Gasteiger charge is -2.11. The molecule has 0 aromatic heterocycles. The van der Waals surface area contributed by atoms with E-state index in [9.17, 15) is 18.0 Å². The summed E-state index contributed by atoms with van der Waals surface area (Å²) in [5.74, 6) is -1.59. The van der Waals surface area contributed by atoms with E-state index in [0.717, 1.165) is 12.1 Å². The molecule has 0 saturated heterocycles. The fourth-order valence-corrected chi connectivity index (χ4v) is 1.12. The zero-order chi connectivity index (χ0) is 11.6. The van der Waals surface area contributed by atoms with Gasteiger partial charge in [0.2, 0.25) is 0 Å². The Morgan fingerprint density at radius 3 is 2.40 bits per heavy atom. The Bertz CT molecular complexity index is 387. The molecule has 6 heteroatoms. The number of carboxylic acid groups (broad SMARTS) is 1. The van der Waals surface area contributed by atoms with Crippen molar-refractivity contribution >= 4 is 11.7 Å². The van der Waals surface area contributed by atoms with Crippen LogP contribution in [-0.4, -0.2) is 18.1 Å². The number of alkyl halides is 3. The maximum atomic E-state index is 12.4. The zero-order valence-corrected chi connectivity index (χ0v) is 7.72. The number of hydrogen-bond acceptors (Lipinski definition) is 2. The number of carbonyl (C=O) groups is 1. The van der Waals surface area contributed by atoms with E-state index in [0.29, 0.717) is 0 Å². The molecule has 0 bridgehead atoms. The van der Waals surface area contributed by atoms with Gasteiger partial charge in [0.15, 0.2) is 0 Å². The lowest BCUT2D eigenvalue weighted by atomic mass is 10.1. The Kier molecular flexibility index (Phi) is 2.88. The third kappa shape index (κ3) is 2.39. The van der Waals surface area contributed by atoms with E-state index in [2.05, 4.69) is 5.32 Å². The third-order valence-corrected chi connectivity index (χ3v) is 1.84. The molecule has 0 atom stereocenters. The van der Waals surface area contributed by atoms with Crippen LogP contribution in [0.3, 0.4) is 0 Å². The van der Waals surface area contributed by atoms with Crippen LogP contribution in [-0.2, 0) is 6.18 Å². The predicted octanol–water partition coefficient (Wildman–Crippen LogP) is 2.45. The molecule has 1 aromatic rings. The second kappa shape index (κ2) is 3.80. The first-order valence-electron chi connectivity index (χ1n) is 3.98. The van der Waals surface area contributed by atoms with Gasteiger partial charge in [0.05, 0.1) is 11.1 Å². The minimum Gasteiger partial charge on any atom is -0.478 e. The fraction of sp³-hybridized carbons (Fsp3) is 0.222. The predicted molar refractivity (Wildman–Crippen MR) is 48.0 cm³/mol. The van der Waals surface area contributed by atoms with Crippen LogP contribution in [0.25, 0.3) is 0 Å². The van der Waals surface area contributed by atoms with Crippen molar-refractivity contribution in [3.05, 3.63) is 29.3 Å². The van der Waals surface area contributed by atoms with Gasteiger partial charge in [-0.25, -0.2) is 4.79 Å². The first kappa shape index (κ1) is 11.4. The molecule has 1 aromatic carbocycles. The molecule has 0 unspecified atom stereocenters. The van der Waals surface area contributed by atoms with E-state index in [1.54, 1.807) is 0 Å². The fourth-order valence-electron chi connectivity index (χ4n) is 1.12. The molecule has 3 nitrogen and oxygen atoms in total. The Morgan fingerprint density at radius 1 is 1.40 bits per heavy atom. The molecule has 0 amide bonds. The average molecular weight is 219 g/mol. The molecule has 0 fully saturated rings. The lowest BCUT2D eigenvalue weighted by molar-refractivity contribution is -0.138. The molecule has 2 N–H and O–H groups in total. The van der Waals surface area contributed by atoms with Crippen molar-refractivity contribution in [2.45, 2.75) is 6.18 Å². The van der Waals surface area contributed by atoms with Crippen molar-refractivity contribution in [2.75, 3.05) is 12.4 Å². The summed E-state index contributed by atoms with van der Waals surface area (Å²) in [5.41, 5.74) is -1.68. The molecule has 1 rings (SSSR count). The number of rotatable bonds is 2. The molecule has 82 valence electrons. The van der Waals surface area contributed by atoms with Crippen molar-refractivity contribution in [1.82, 2.24) is 0 Å². The van der Waals surface area contributed by atoms with Gasteiger partial charge in [-0.3, -0.25) is 0 Å². The summed E-state index contributed by atoms with van der Waals surface area (Å²) < 4.78 is 37.3. The molecular weight excluding hydrogens is 211 g/mol. The second-order valence-corrected chi connectivity index (χ2v) is 2.81. The highest BCUT2D eigenvalue weighted by atomic mass is 19.4. The highest BCUT2D eigenvalue weighted by Crippen LogP contribution is 2.33. The van der Waals surface area contributed by atoms with Crippen LogP contribution in [0.2, 0.25) is 0 Å². The number of aromatic carboxylic acids is 1. The maximum absolute atomic E-state index is 12.4. The largest absolute Gasteiger partial charge is 0.478 e. The SMILES string of the molecule is CNc1ccc(C(=O)O)c(C(F)(F)F)c1. The summed E-state index contributed by atoms with van der Waals surface area (Å²) in [6, 6.07) is 2.97. The number of nitrogens with one attached hydrogen (secondary N) is 1. The van der Waals surface area contributed by atoms with Gasteiger partial charge < -0.3 is 10.4 Å². The van der Waals surface area contributed by atoms with Gasteiger partial charge in [-0.1, -0.05) is 0 Å². The first-order chi connectivity index (χ1) is 6.86. The highest BCUT2D eigenvalue weighted by Gasteiger charge is 2.35. The molecular formula is C9H8F3NO2. The smallest absolute Gasteiger partial charge is 0.417 e. The van der Waals surface area contributed by atoms with Gasteiger partial charge in [0, 0.05) is 12.7 Å². The summed E-state index contributed by atoms with van der Waals surface area (Å²) in [4.78, 5) is 10.5. The van der Waals surface area contributed by atoms with Gasteiger partial charge in [-0.05, 0) is 18.2 Å². The van der Waals surface area contributed by atoms with Crippen LogP contribution in [0, 0.1) is 0 Å². The van der Waals surface area contributed by atoms with E-state index in [-0.39, 0.29) is 5.69 Å². The van der Waals surface area contributed by atoms with Crippen molar-refractivity contribution in [3.8, 4) is 0 Å². The van der Waals surface area contributed by atoms with Gasteiger partial charge in [-0.15, -0.1) is 0 Å². The van der Waals surface area contributed by atoms with Gasteiger partial charge in [-0.2, -0.15) is 13.2 Å². The first-order valence-corrected chi connectivity index (χ1v) is 3.98. The summed E-state index contributed by atoms with van der Waals surface area (Å²) in [6.07, 6.45) is -4.67. The number of benzene rings is 1. The molecule has 0 heterocycles. The van der Waals surface area contributed by atoms with Crippen LogP contribution in [0.15, 0.2) is 18.2 Å². The number of carboxylic acids is 1. The maximum Gasteiger partial charge on any atom is 0.417 e. The lowest BCUT2D eigenvalue weighted by Crippen LogP contribution is -2.13. The molecule has 0 radical (unpaired) electrons. The number of hydrogen-bond donors (Lipinski definition) is 2. The van der Waals surface area contributed by atoms with Crippen LogP contribution in [0.1, 0.15) is 15.9 Å². The third-order valence-electron chi connectivity index (χ3n) is 1.84. The highest BCUT2D eigenvalue weighted by molar-refractivity contribution is 5.90. The van der Waals surface area contributed by atoms with Crippen molar-refractivity contribution in [1.29, 1.82) is 0 Å². The van der Waals surface area contributed by atoms with Crippen molar-refractivity contribution < 1.29 is 23.1 Å². The van der Waals surface area contributed by atoms with Gasteiger partial charge in [0.1, 0.15) is 0 Å².